The van der Waals surface area contributed by atoms with Gasteiger partial charge in [-0.1, -0.05) is 17.7 Å². The molecule has 0 saturated heterocycles. The van der Waals surface area contributed by atoms with Crippen molar-refractivity contribution in [3.8, 4) is 5.75 Å². The molecule has 0 fully saturated rings. The summed E-state index contributed by atoms with van der Waals surface area (Å²) in [7, 11) is -8.48. The number of sulfonamides is 1. The molecule has 0 unspecified atom stereocenters. The number of benzene rings is 3. The largest absolute Gasteiger partial charge is 0.507 e. The van der Waals surface area contributed by atoms with Crippen LogP contribution in [0.3, 0.4) is 0 Å². The van der Waals surface area contributed by atoms with E-state index in [2.05, 4.69) is 4.72 Å². The molecule has 31 heavy (non-hydrogen) atoms. The summed E-state index contributed by atoms with van der Waals surface area (Å²) in [6, 6.07) is 11.7. The van der Waals surface area contributed by atoms with Crippen LogP contribution >= 0.6 is 11.6 Å². The Kier molecular flexibility index (Phi) is 5.94. The Morgan fingerprint density at radius 1 is 0.968 bits per heavy atom. The van der Waals surface area contributed by atoms with E-state index in [4.69, 9.17) is 11.6 Å². The summed E-state index contributed by atoms with van der Waals surface area (Å²) >= 11 is 5.78. The molecule has 3 rings (SSSR count). The molecule has 12 heteroatoms. The lowest BCUT2D eigenvalue weighted by Crippen LogP contribution is -2.15. The Labute approximate surface area is 183 Å². The number of aromatic hydroxyl groups is 1. The molecule has 0 aliphatic heterocycles. The average molecular weight is 483 g/mol. The van der Waals surface area contributed by atoms with Gasteiger partial charge in [0.05, 0.1) is 20.4 Å². The summed E-state index contributed by atoms with van der Waals surface area (Å²) in [4.78, 5) is 9.15. The number of phenols is 1. The van der Waals surface area contributed by atoms with Crippen LogP contribution in [-0.2, 0) is 19.9 Å². The van der Waals surface area contributed by atoms with E-state index < -0.39 is 41.1 Å². The van der Waals surface area contributed by atoms with E-state index in [1.165, 1.54) is 37.3 Å². The van der Waals surface area contributed by atoms with E-state index in [9.17, 15) is 32.1 Å². The van der Waals surface area contributed by atoms with Crippen molar-refractivity contribution in [2.24, 2.45) is 0 Å². The summed E-state index contributed by atoms with van der Waals surface area (Å²) in [5.41, 5.74) is -0.297. The fourth-order valence-electron chi connectivity index (χ4n) is 2.71. The van der Waals surface area contributed by atoms with Crippen molar-refractivity contribution in [2.45, 2.75) is 21.6 Å². The highest BCUT2D eigenvalue weighted by Gasteiger charge is 2.25. The lowest BCUT2D eigenvalue weighted by Gasteiger charge is -2.14. The Morgan fingerprint density at radius 3 is 2.23 bits per heavy atom. The maximum Gasteiger partial charge on any atom is 0.270 e. The predicted octanol–water partition coefficient (Wildman–Crippen LogP) is 3.90. The van der Waals surface area contributed by atoms with Crippen LogP contribution in [0.15, 0.2) is 75.4 Å². The fraction of sp³-hybridized carbons (Fsp3) is 0.0526. The topological polar surface area (TPSA) is 144 Å². The lowest BCUT2D eigenvalue weighted by atomic mass is 10.2. The van der Waals surface area contributed by atoms with E-state index in [0.717, 1.165) is 30.3 Å². The SMILES string of the molecule is Cc1cc(O)c(S(=O)(=O)c2ccc(Cl)cc2)cc1NS(=O)(=O)c1cccc([N+](=O)[O-])c1. The van der Waals surface area contributed by atoms with Crippen molar-refractivity contribution < 1.29 is 26.9 Å². The van der Waals surface area contributed by atoms with Crippen LogP contribution in [0.1, 0.15) is 5.56 Å². The Morgan fingerprint density at radius 2 is 1.61 bits per heavy atom. The molecule has 0 amide bonds. The van der Waals surface area contributed by atoms with Gasteiger partial charge in [0.2, 0.25) is 9.84 Å². The predicted molar refractivity (Wildman–Crippen MR) is 114 cm³/mol. The fourth-order valence-corrected chi connectivity index (χ4v) is 5.35. The molecule has 0 aliphatic rings. The standard InChI is InChI=1S/C19H15ClN2O7S2/c1-12-9-18(23)19(30(26,27)15-7-5-13(20)6-8-15)11-17(12)21-31(28,29)16-4-2-3-14(10-16)22(24)25/h2-11,21,23H,1H3. The third-order valence-corrected chi connectivity index (χ3v) is 7.72. The zero-order chi connectivity index (χ0) is 23.0. The van der Waals surface area contributed by atoms with Gasteiger partial charge in [-0.3, -0.25) is 14.8 Å². The summed E-state index contributed by atoms with van der Waals surface area (Å²) < 4.78 is 53.5. The van der Waals surface area contributed by atoms with Gasteiger partial charge in [0.1, 0.15) is 10.6 Å². The number of sulfone groups is 1. The molecule has 0 atom stereocenters. The highest BCUT2D eigenvalue weighted by molar-refractivity contribution is 7.93. The van der Waals surface area contributed by atoms with E-state index in [0.29, 0.717) is 5.02 Å². The molecule has 0 aliphatic carbocycles. The molecule has 0 bridgehead atoms. The number of nitro benzene ring substituents is 1. The van der Waals surface area contributed by atoms with Crippen molar-refractivity contribution in [3.63, 3.8) is 0 Å². The minimum Gasteiger partial charge on any atom is -0.507 e. The van der Waals surface area contributed by atoms with Gasteiger partial charge in [0, 0.05) is 17.2 Å². The number of non-ortho nitro benzene ring substituents is 1. The quantitative estimate of drug-likeness (QED) is 0.308. The van der Waals surface area contributed by atoms with Crippen LogP contribution in [-0.4, -0.2) is 26.9 Å². The number of hydrogen-bond acceptors (Lipinski definition) is 7. The number of hydrogen-bond donors (Lipinski definition) is 2. The van der Waals surface area contributed by atoms with Gasteiger partial charge in [-0.05, 0) is 55.0 Å². The maximum absolute atomic E-state index is 12.9. The van der Waals surface area contributed by atoms with Crippen LogP contribution in [0.25, 0.3) is 0 Å². The van der Waals surface area contributed by atoms with E-state index >= 15 is 0 Å². The molecule has 2 N–H and O–H groups in total. The zero-order valence-corrected chi connectivity index (χ0v) is 18.2. The number of halogens is 1. The number of phenolic OH excluding ortho intramolecular Hbond substituents is 1. The van der Waals surface area contributed by atoms with Gasteiger partial charge in [-0.15, -0.1) is 0 Å². The number of anilines is 1. The van der Waals surface area contributed by atoms with Crippen molar-refractivity contribution in [2.75, 3.05) is 4.72 Å². The smallest absolute Gasteiger partial charge is 0.270 e. The van der Waals surface area contributed by atoms with Gasteiger partial charge in [0.25, 0.3) is 15.7 Å². The van der Waals surface area contributed by atoms with Crippen LogP contribution in [0.2, 0.25) is 5.02 Å². The molecule has 0 radical (unpaired) electrons. The second-order valence-corrected chi connectivity index (χ2v) is 10.5. The van der Waals surface area contributed by atoms with Gasteiger partial charge < -0.3 is 5.11 Å². The number of nitrogens with zero attached hydrogens (tertiary/aromatic N) is 1. The van der Waals surface area contributed by atoms with Gasteiger partial charge in [0.15, 0.2) is 0 Å². The summed E-state index contributed by atoms with van der Waals surface area (Å²) in [5, 5.41) is 21.5. The third kappa shape index (κ3) is 4.63. The Hall–Kier alpha value is -3.15. The second kappa shape index (κ2) is 8.17. The van der Waals surface area contributed by atoms with Crippen molar-refractivity contribution >= 4 is 42.8 Å². The Balaban J connectivity index is 2.06. The van der Waals surface area contributed by atoms with E-state index in [1.54, 1.807) is 0 Å². The minimum atomic E-state index is -4.29. The average Bonchev–Trinajstić information content (AvgIpc) is 2.70. The molecule has 3 aromatic rings. The zero-order valence-electron chi connectivity index (χ0n) is 15.8. The Bertz CT molecular complexity index is 1390. The van der Waals surface area contributed by atoms with E-state index in [1.807, 2.05) is 0 Å². The first-order valence-corrected chi connectivity index (χ1v) is 11.9. The molecule has 9 nitrogen and oxygen atoms in total. The third-order valence-electron chi connectivity index (χ3n) is 4.30. The minimum absolute atomic E-state index is 0.114. The number of rotatable bonds is 6. The van der Waals surface area contributed by atoms with Gasteiger partial charge in [-0.25, -0.2) is 16.8 Å². The normalized spacial score (nSPS) is 11.8. The van der Waals surface area contributed by atoms with Crippen molar-refractivity contribution in [3.05, 3.63) is 81.4 Å². The molecular formula is C19H15ClN2O7S2. The first-order chi connectivity index (χ1) is 14.4. The molecule has 0 spiro atoms. The van der Waals surface area contributed by atoms with Crippen molar-refractivity contribution in [1.82, 2.24) is 0 Å². The van der Waals surface area contributed by atoms with Crippen molar-refractivity contribution in [1.29, 1.82) is 0 Å². The van der Waals surface area contributed by atoms with Crippen LogP contribution < -0.4 is 4.72 Å². The molecule has 0 saturated carbocycles. The van der Waals surface area contributed by atoms with E-state index in [-0.39, 0.29) is 21.0 Å². The number of aryl methyl sites for hydroxylation is 1. The van der Waals surface area contributed by atoms with Crippen LogP contribution in [0, 0.1) is 17.0 Å². The lowest BCUT2D eigenvalue weighted by molar-refractivity contribution is -0.385. The highest BCUT2D eigenvalue weighted by Crippen LogP contribution is 2.34. The molecule has 0 heterocycles. The molecule has 3 aromatic carbocycles. The maximum atomic E-state index is 12.9. The monoisotopic (exact) mass is 482 g/mol. The number of nitrogens with one attached hydrogen (secondary N) is 1. The number of nitro groups is 1. The highest BCUT2D eigenvalue weighted by atomic mass is 35.5. The van der Waals surface area contributed by atoms with Gasteiger partial charge >= 0.3 is 0 Å². The second-order valence-electron chi connectivity index (χ2n) is 6.45. The van der Waals surface area contributed by atoms with Gasteiger partial charge in [-0.2, -0.15) is 0 Å². The van der Waals surface area contributed by atoms with Crippen LogP contribution in [0.5, 0.6) is 5.75 Å². The first kappa shape index (κ1) is 22.5. The summed E-state index contributed by atoms with van der Waals surface area (Å²) in [6.45, 7) is 1.46. The van der Waals surface area contributed by atoms with Crippen LogP contribution in [0.4, 0.5) is 11.4 Å². The summed E-state index contributed by atoms with van der Waals surface area (Å²) in [5.74, 6) is -0.564. The molecule has 162 valence electrons. The molecular weight excluding hydrogens is 468 g/mol. The molecule has 0 aromatic heterocycles. The first-order valence-electron chi connectivity index (χ1n) is 8.53. The summed E-state index contributed by atoms with van der Waals surface area (Å²) in [6.07, 6.45) is 0.